The largest absolute Gasteiger partial charge is 0.480 e. The van der Waals surface area contributed by atoms with Crippen molar-refractivity contribution in [3.8, 4) is 0 Å². The SMILES string of the molecule is Cc1c(C)c(S(=O)(=O)NC(N)=NCCCC(N)C(=O)O)c(C)c2c1C(C)(C)OC2. The lowest BCUT2D eigenvalue weighted by molar-refractivity contribution is -0.138. The molecule has 1 aromatic carbocycles. The lowest BCUT2D eigenvalue weighted by Gasteiger charge is -2.24. The first-order chi connectivity index (χ1) is 13.3. The maximum absolute atomic E-state index is 13.0. The smallest absolute Gasteiger partial charge is 0.320 e. The minimum Gasteiger partial charge on any atom is -0.480 e. The summed E-state index contributed by atoms with van der Waals surface area (Å²) < 4.78 is 34.2. The molecule has 0 saturated carbocycles. The van der Waals surface area contributed by atoms with Crippen molar-refractivity contribution in [1.29, 1.82) is 0 Å². The van der Waals surface area contributed by atoms with Crippen molar-refractivity contribution < 1.29 is 23.1 Å². The average Bonchev–Trinajstić information content (AvgIpc) is 2.91. The van der Waals surface area contributed by atoms with Crippen LogP contribution in [0, 0.1) is 20.8 Å². The van der Waals surface area contributed by atoms with E-state index in [1.54, 1.807) is 13.8 Å². The molecule has 1 heterocycles. The van der Waals surface area contributed by atoms with Gasteiger partial charge in [0.2, 0.25) is 5.96 Å². The maximum Gasteiger partial charge on any atom is 0.320 e. The normalized spacial score (nSPS) is 17.1. The molecule has 0 spiro atoms. The summed E-state index contributed by atoms with van der Waals surface area (Å²) in [7, 11) is -3.95. The molecule has 2 rings (SSSR count). The Bertz CT molecular complexity index is 954. The van der Waals surface area contributed by atoms with E-state index in [4.69, 9.17) is 21.3 Å². The van der Waals surface area contributed by atoms with Crippen LogP contribution in [0.3, 0.4) is 0 Å². The van der Waals surface area contributed by atoms with E-state index in [1.165, 1.54) is 0 Å². The second-order valence-corrected chi connectivity index (χ2v) is 9.44. The van der Waals surface area contributed by atoms with E-state index in [2.05, 4.69) is 9.71 Å². The van der Waals surface area contributed by atoms with Crippen molar-refractivity contribution in [2.75, 3.05) is 6.54 Å². The molecule has 162 valence electrons. The van der Waals surface area contributed by atoms with E-state index in [1.807, 2.05) is 20.8 Å². The Kier molecular flexibility index (Phi) is 6.61. The number of aliphatic carboxylic acids is 1. The number of hydrogen-bond acceptors (Lipinski definition) is 6. The molecule has 0 fully saturated rings. The van der Waals surface area contributed by atoms with Gasteiger partial charge in [-0.2, -0.15) is 0 Å². The van der Waals surface area contributed by atoms with E-state index in [0.29, 0.717) is 24.2 Å². The fourth-order valence-electron chi connectivity index (χ4n) is 3.77. The van der Waals surface area contributed by atoms with Gasteiger partial charge in [-0.15, -0.1) is 0 Å². The molecule has 0 radical (unpaired) electrons. The van der Waals surface area contributed by atoms with Gasteiger partial charge in [-0.25, -0.2) is 13.1 Å². The summed E-state index contributed by atoms with van der Waals surface area (Å²) in [6, 6.07) is -0.978. The zero-order valence-electron chi connectivity index (χ0n) is 17.5. The number of guanidine groups is 1. The fraction of sp³-hybridized carbons (Fsp3) is 0.579. The molecule has 0 amide bonds. The highest BCUT2D eigenvalue weighted by molar-refractivity contribution is 7.90. The highest BCUT2D eigenvalue weighted by atomic mass is 32.2. The van der Waals surface area contributed by atoms with Crippen LogP contribution in [-0.4, -0.2) is 38.0 Å². The molecule has 9 nitrogen and oxygen atoms in total. The van der Waals surface area contributed by atoms with Crippen LogP contribution in [0.15, 0.2) is 9.89 Å². The van der Waals surface area contributed by atoms with Gasteiger partial charge in [0, 0.05) is 6.54 Å². The van der Waals surface area contributed by atoms with Crippen molar-refractivity contribution in [1.82, 2.24) is 4.72 Å². The predicted octanol–water partition coefficient (Wildman–Crippen LogP) is 1.16. The number of rotatable bonds is 7. The van der Waals surface area contributed by atoms with Gasteiger partial charge >= 0.3 is 5.97 Å². The summed E-state index contributed by atoms with van der Waals surface area (Å²) >= 11 is 0. The van der Waals surface area contributed by atoms with Gasteiger partial charge in [-0.05, 0) is 75.3 Å². The second-order valence-electron chi connectivity index (χ2n) is 7.82. The minimum absolute atomic E-state index is 0.165. The Balaban J connectivity index is 2.25. The molecule has 0 bridgehead atoms. The van der Waals surface area contributed by atoms with Gasteiger partial charge in [-0.3, -0.25) is 9.79 Å². The summed E-state index contributed by atoms with van der Waals surface area (Å²) in [6.07, 6.45) is 0.592. The average molecular weight is 427 g/mol. The standard InChI is InChI=1S/C19H30N4O5S/c1-10-11(2)16(12(3)13-9-28-19(4,5)15(10)13)29(26,27)23-18(21)22-8-6-7-14(20)17(24)25/h14H,6-9,20H2,1-5H3,(H,24,25)(H3,21,22,23). The molecule has 0 aromatic heterocycles. The monoisotopic (exact) mass is 426 g/mol. The molecule has 1 aliphatic rings. The van der Waals surface area contributed by atoms with Crippen LogP contribution in [-0.2, 0) is 31.8 Å². The first kappa shape index (κ1) is 23.1. The van der Waals surface area contributed by atoms with Crippen molar-refractivity contribution >= 4 is 22.0 Å². The number of benzene rings is 1. The molecule has 6 N–H and O–H groups in total. The van der Waals surface area contributed by atoms with Gasteiger partial charge in [-0.1, -0.05) is 0 Å². The molecule has 10 heteroatoms. The van der Waals surface area contributed by atoms with Gasteiger partial charge in [0.25, 0.3) is 10.0 Å². The molecular weight excluding hydrogens is 396 g/mol. The number of nitrogens with zero attached hydrogens (tertiary/aromatic N) is 1. The highest BCUT2D eigenvalue weighted by Gasteiger charge is 2.37. The van der Waals surface area contributed by atoms with Crippen molar-refractivity contribution in [3.05, 3.63) is 27.8 Å². The molecule has 0 aliphatic carbocycles. The quantitative estimate of drug-likeness (QED) is 0.289. The third kappa shape index (κ3) is 4.71. The summed E-state index contributed by atoms with van der Waals surface area (Å²) in [4.78, 5) is 14.9. The lowest BCUT2D eigenvalue weighted by atomic mass is 9.87. The molecule has 1 aromatic rings. The zero-order valence-corrected chi connectivity index (χ0v) is 18.3. The van der Waals surface area contributed by atoms with E-state index in [0.717, 1.165) is 16.7 Å². The van der Waals surface area contributed by atoms with Crippen LogP contribution in [0.4, 0.5) is 0 Å². The number of nitrogens with one attached hydrogen (secondary N) is 1. The summed E-state index contributed by atoms with van der Waals surface area (Å²) in [6.45, 7) is 9.89. The van der Waals surface area contributed by atoms with Crippen LogP contribution >= 0.6 is 0 Å². The van der Waals surface area contributed by atoms with Crippen LogP contribution < -0.4 is 16.2 Å². The molecule has 29 heavy (non-hydrogen) atoms. The second kappa shape index (κ2) is 8.29. The van der Waals surface area contributed by atoms with E-state index in [-0.39, 0.29) is 23.8 Å². The van der Waals surface area contributed by atoms with Crippen molar-refractivity contribution in [3.63, 3.8) is 0 Å². The van der Waals surface area contributed by atoms with Gasteiger partial charge in [0.15, 0.2) is 0 Å². The first-order valence-corrected chi connectivity index (χ1v) is 10.9. The van der Waals surface area contributed by atoms with Crippen molar-refractivity contribution in [2.45, 2.75) is 70.6 Å². The Morgan fingerprint density at radius 2 is 1.90 bits per heavy atom. The number of carbonyl (C=O) groups is 1. The summed E-state index contributed by atoms with van der Waals surface area (Å²) in [5, 5.41) is 8.76. The number of aliphatic imine (C=N–C) groups is 1. The Morgan fingerprint density at radius 3 is 2.48 bits per heavy atom. The number of carboxylic acid groups (broad SMARTS) is 1. The maximum atomic E-state index is 13.0. The third-order valence-corrected chi connectivity index (χ3v) is 6.96. The lowest BCUT2D eigenvalue weighted by Crippen LogP contribution is -2.38. The van der Waals surface area contributed by atoms with Crippen LogP contribution in [0.2, 0.25) is 0 Å². The number of nitrogens with two attached hydrogens (primary N) is 2. The molecular formula is C19H30N4O5S. The van der Waals surface area contributed by atoms with Crippen LogP contribution in [0.1, 0.15) is 54.5 Å². The molecule has 1 unspecified atom stereocenters. The Labute approximate surface area is 171 Å². The Morgan fingerprint density at radius 1 is 1.28 bits per heavy atom. The van der Waals surface area contributed by atoms with Crippen molar-refractivity contribution in [2.24, 2.45) is 16.5 Å². The minimum atomic E-state index is -3.95. The van der Waals surface area contributed by atoms with E-state index in [9.17, 15) is 13.2 Å². The molecule has 1 atom stereocenters. The zero-order chi connectivity index (χ0) is 22.1. The van der Waals surface area contributed by atoms with Gasteiger partial charge in [0.05, 0.1) is 17.1 Å². The number of ether oxygens (including phenoxy) is 1. The Hall–Kier alpha value is -2.17. The van der Waals surface area contributed by atoms with Crippen LogP contribution in [0.5, 0.6) is 0 Å². The third-order valence-electron chi connectivity index (χ3n) is 5.33. The number of carboxylic acids is 1. The molecule has 0 saturated heterocycles. The van der Waals surface area contributed by atoms with Crippen LogP contribution in [0.25, 0.3) is 0 Å². The van der Waals surface area contributed by atoms with E-state index >= 15 is 0 Å². The number of sulfonamides is 1. The predicted molar refractivity (Wildman–Crippen MR) is 110 cm³/mol. The number of fused-ring (bicyclic) bond motifs is 1. The summed E-state index contributed by atoms with van der Waals surface area (Å²) in [5.41, 5.74) is 14.8. The van der Waals surface area contributed by atoms with Gasteiger partial charge in [0.1, 0.15) is 6.04 Å². The highest BCUT2D eigenvalue weighted by Crippen LogP contribution is 2.43. The fourth-order valence-corrected chi connectivity index (χ4v) is 5.29. The first-order valence-electron chi connectivity index (χ1n) is 9.37. The van der Waals surface area contributed by atoms with Gasteiger partial charge < -0.3 is 21.3 Å². The topological polar surface area (TPSA) is 157 Å². The number of hydrogen-bond donors (Lipinski definition) is 4. The van der Waals surface area contributed by atoms with E-state index < -0.39 is 27.6 Å². The summed E-state index contributed by atoms with van der Waals surface area (Å²) in [5.74, 6) is -1.34. The molecule has 1 aliphatic heterocycles.